The topological polar surface area (TPSA) is 126 Å². The van der Waals surface area contributed by atoms with E-state index < -0.39 is 5.97 Å². The number of aromatic nitrogens is 5. The van der Waals surface area contributed by atoms with Crippen molar-refractivity contribution in [1.29, 1.82) is 0 Å². The Kier molecular flexibility index (Phi) is 4.85. The zero-order valence-corrected chi connectivity index (χ0v) is 12.9. The summed E-state index contributed by atoms with van der Waals surface area (Å²) in [7, 11) is 0. The van der Waals surface area contributed by atoms with Crippen molar-refractivity contribution in [3.05, 3.63) is 24.3 Å². The van der Waals surface area contributed by atoms with Gasteiger partial charge in [0, 0.05) is 13.1 Å². The predicted molar refractivity (Wildman–Crippen MR) is 82.1 cm³/mol. The molecule has 128 valence electrons. The quantitative estimate of drug-likeness (QED) is 0.749. The first-order valence-corrected chi connectivity index (χ1v) is 7.63. The van der Waals surface area contributed by atoms with E-state index in [-0.39, 0.29) is 24.9 Å². The Morgan fingerprint density at radius 1 is 1.29 bits per heavy atom. The van der Waals surface area contributed by atoms with Gasteiger partial charge in [0.2, 0.25) is 5.88 Å². The van der Waals surface area contributed by atoms with Crippen LogP contribution in [0, 0.1) is 0 Å². The molecule has 2 aromatic heterocycles. The van der Waals surface area contributed by atoms with Gasteiger partial charge in [0.25, 0.3) is 0 Å². The second kappa shape index (κ2) is 7.21. The first-order chi connectivity index (χ1) is 11.7. The van der Waals surface area contributed by atoms with E-state index in [0.717, 1.165) is 25.9 Å². The van der Waals surface area contributed by atoms with Crippen molar-refractivity contribution in [2.75, 3.05) is 31.2 Å². The first kappa shape index (κ1) is 16.1. The molecule has 3 heterocycles. The molecule has 1 aliphatic rings. The number of hydrogen-bond donors (Lipinski definition) is 2. The molecular weight excluding hydrogens is 316 g/mol. The van der Waals surface area contributed by atoms with Crippen molar-refractivity contribution in [2.45, 2.75) is 18.9 Å². The molecule has 0 atom stereocenters. The van der Waals surface area contributed by atoms with E-state index in [0.29, 0.717) is 11.7 Å². The predicted octanol–water partition coefficient (Wildman–Crippen LogP) is -0.0211. The van der Waals surface area contributed by atoms with E-state index in [2.05, 4.69) is 25.1 Å². The fourth-order valence-corrected chi connectivity index (χ4v) is 2.59. The third-order valence-electron chi connectivity index (χ3n) is 3.78. The Labute approximate surface area is 137 Å². The maximum absolute atomic E-state index is 10.9. The Bertz CT molecular complexity index is 698. The highest BCUT2D eigenvalue weighted by Crippen LogP contribution is 2.25. The maximum Gasteiger partial charge on any atom is 0.358 e. The summed E-state index contributed by atoms with van der Waals surface area (Å²) < 4.78 is 5.27. The summed E-state index contributed by atoms with van der Waals surface area (Å²) in [5, 5.41) is 25.7. The average Bonchev–Trinajstić information content (AvgIpc) is 3.11. The van der Waals surface area contributed by atoms with Gasteiger partial charge in [-0.25, -0.2) is 4.79 Å². The smallest absolute Gasteiger partial charge is 0.358 e. The van der Waals surface area contributed by atoms with Crippen LogP contribution in [0.3, 0.4) is 0 Å². The van der Waals surface area contributed by atoms with Gasteiger partial charge in [-0.2, -0.15) is 14.9 Å². The summed E-state index contributed by atoms with van der Waals surface area (Å²) in [5.41, 5.74) is -0.0444. The van der Waals surface area contributed by atoms with E-state index in [1.807, 2.05) is 0 Å². The first-order valence-electron chi connectivity index (χ1n) is 7.63. The molecule has 1 saturated heterocycles. The minimum Gasteiger partial charge on any atom is -0.476 e. The van der Waals surface area contributed by atoms with Gasteiger partial charge in [0.05, 0.1) is 31.2 Å². The summed E-state index contributed by atoms with van der Waals surface area (Å²) >= 11 is 0. The molecule has 0 amide bonds. The second-order valence-electron chi connectivity index (χ2n) is 5.36. The monoisotopic (exact) mass is 334 g/mol. The minimum absolute atomic E-state index is 0.0444. The SMILES string of the molecule is O=C(O)c1cnn(C2CCN(c3cncc(OCCO)n3)CC2)n1. The molecule has 0 bridgehead atoms. The second-order valence-corrected chi connectivity index (χ2v) is 5.36. The van der Waals surface area contributed by atoms with E-state index in [1.54, 1.807) is 6.20 Å². The number of carbonyl (C=O) groups is 1. The molecule has 0 aromatic carbocycles. The number of aliphatic hydroxyl groups excluding tert-OH is 1. The molecule has 3 rings (SSSR count). The van der Waals surface area contributed by atoms with Crippen LogP contribution in [-0.4, -0.2) is 67.4 Å². The number of carboxylic acids is 1. The van der Waals surface area contributed by atoms with Crippen LogP contribution in [0.2, 0.25) is 0 Å². The van der Waals surface area contributed by atoms with Gasteiger partial charge in [0.15, 0.2) is 11.5 Å². The number of aromatic carboxylic acids is 1. The number of carboxylic acid groups (broad SMARTS) is 1. The lowest BCUT2D eigenvalue weighted by Crippen LogP contribution is -2.36. The number of rotatable bonds is 6. The Hall–Kier alpha value is -2.75. The molecule has 10 nitrogen and oxygen atoms in total. The molecule has 2 N–H and O–H groups in total. The van der Waals surface area contributed by atoms with Crippen molar-refractivity contribution in [3.8, 4) is 5.88 Å². The van der Waals surface area contributed by atoms with Crippen LogP contribution in [0.1, 0.15) is 29.4 Å². The lowest BCUT2D eigenvalue weighted by molar-refractivity contribution is 0.0689. The van der Waals surface area contributed by atoms with Gasteiger partial charge in [-0.15, -0.1) is 5.10 Å². The highest BCUT2D eigenvalue weighted by Gasteiger charge is 2.24. The summed E-state index contributed by atoms with van der Waals surface area (Å²) in [5.74, 6) is 0.0145. The van der Waals surface area contributed by atoms with Crippen molar-refractivity contribution in [3.63, 3.8) is 0 Å². The molecule has 1 aliphatic heterocycles. The van der Waals surface area contributed by atoms with Crippen molar-refractivity contribution >= 4 is 11.8 Å². The molecule has 10 heteroatoms. The number of hydrogen-bond acceptors (Lipinski definition) is 8. The summed E-state index contributed by atoms with van der Waals surface area (Å²) in [6.45, 7) is 1.56. The molecule has 0 spiro atoms. The summed E-state index contributed by atoms with van der Waals surface area (Å²) in [6, 6.07) is 0.0659. The van der Waals surface area contributed by atoms with Gasteiger partial charge in [-0.1, -0.05) is 0 Å². The fourth-order valence-electron chi connectivity index (χ4n) is 2.59. The highest BCUT2D eigenvalue weighted by molar-refractivity contribution is 5.84. The van der Waals surface area contributed by atoms with Crippen LogP contribution in [0.5, 0.6) is 5.88 Å². The molecule has 0 radical (unpaired) electrons. The standard InChI is InChI=1S/C14H18N6O4/c21-5-6-24-13-9-15-8-12(17-13)19-3-1-10(2-4-19)20-16-7-11(18-20)14(22)23/h7-10,21H,1-6H2,(H,22,23). The van der Waals surface area contributed by atoms with Crippen molar-refractivity contribution in [2.24, 2.45) is 0 Å². The maximum atomic E-state index is 10.9. The Morgan fingerprint density at radius 2 is 2.08 bits per heavy atom. The highest BCUT2D eigenvalue weighted by atomic mass is 16.5. The largest absolute Gasteiger partial charge is 0.476 e. The molecule has 0 unspecified atom stereocenters. The van der Waals surface area contributed by atoms with Crippen LogP contribution in [-0.2, 0) is 0 Å². The lowest BCUT2D eigenvalue weighted by Gasteiger charge is -2.32. The van der Waals surface area contributed by atoms with E-state index in [1.165, 1.54) is 17.2 Å². The van der Waals surface area contributed by atoms with Crippen LogP contribution >= 0.6 is 0 Å². The number of anilines is 1. The van der Waals surface area contributed by atoms with Crippen LogP contribution < -0.4 is 9.64 Å². The minimum atomic E-state index is -1.08. The van der Waals surface area contributed by atoms with Crippen molar-refractivity contribution in [1.82, 2.24) is 25.0 Å². The summed E-state index contributed by atoms with van der Waals surface area (Å²) in [4.78, 5) is 22.9. The van der Waals surface area contributed by atoms with E-state index in [4.69, 9.17) is 14.9 Å². The average molecular weight is 334 g/mol. The zero-order valence-electron chi connectivity index (χ0n) is 12.9. The molecule has 1 fully saturated rings. The third kappa shape index (κ3) is 3.59. The van der Waals surface area contributed by atoms with Gasteiger partial charge in [0.1, 0.15) is 6.61 Å². The molecular formula is C14H18N6O4. The van der Waals surface area contributed by atoms with Gasteiger partial charge >= 0.3 is 5.97 Å². The Morgan fingerprint density at radius 3 is 2.75 bits per heavy atom. The normalized spacial score (nSPS) is 15.5. The molecule has 2 aromatic rings. The zero-order chi connectivity index (χ0) is 16.9. The van der Waals surface area contributed by atoms with Gasteiger partial charge < -0.3 is 19.8 Å². The van der Waals surface area contributed by atoms with Crippen LogP contribution in [0.4, 0.5) is 5.82 Å². The number of ether oxygens (including phenoxy) is 1. The van der Waals surface area contributed by atoms with Crippen LogP contribution in [0.15, 0.2) is 18.6 Å². The van der Waals surface area contributed by atoms with Gasteiger partial charge in [-0.3, -0.25) is 4.98 Å². The lowest BCUT2D eigenvalue weighted by atomic mass is 10.1. The number of piperidine rings is 1. The van der Waals surface area contributed by atoms with E-state index in [9.17, 15) is 4.79 Å². The van der Waals surface area contributed by atoms with E-state index >= 15 is 0 Å². The fraction of sp³-hybridized carbons (Fsp3) is 0.500. The number of aliphatic hydroxyl groups is 1. The molecule has 24 heavy (non-hydrogen) atoms. The van der Waals surface area contributed by atoms with Crippen molar-refractivity contribution < 1.29 is 19.7 Å². The Balaban J connectivity index is 1.61. The van der Waals surface area contributed by atoms with Crippen LogP contribution in [0.25, 0.3) is 0 Å². The van der Waals surface area contributed by atoms with Gasteiger partial charge in [-0.05, 0) is 12.8 Å². The molecule has 0 aliphatic carbocycles. The molecule has 0 saturated carbocycles. The summed E-state index contributed by atoms with van der Waals surface area (Å²) in [6.07, 6.45) is 5.99. The number of nitrogens with zero attached hydrogens (tertiary/aromatic N) is 6. The third-order valence-corrected chi connectivity index (χ3v) is 3.78.